The zero-order chi connectivity index (χ0) is 8.97. The zero-order valence-electron chi connectivity index (χ0n) is 6.37. The molecule has 0 heterocycles. The third-order valence-electron chi connectivity index (χ3n) is 1.31. The summed E-state index contributed by atoms with van der Waals surface area (Å²) in [7, 11) is 1.56. The molecule has 2 nitrogen and oxygen atoms in total. The summed E-state index contributed by atoms with van der Waals surface area (Å²) in [6.45, 7) is 0. The lowest BCUT2D eigenvalue weighted by molar-refractivity contribution is 0.415. The van der Waals surface area contributed by atoms with E-state index in [9.17, 15) is 0 Å². The van der Waals surface area contributed by atoms with E-state index < -0.39 is 0 Å². The number of ether oxygens (including phenoxy) is 1. The lowest BCUT2D eigenvalue weighted by Crippen LogP contribution is -1.82. The molecule has 4 heteroatoms. The molecular formula is C8H6ClNOS. The maximum absolute atomic E-state index is 5.82. The van der Waals surface area contributed by atoms with E-state index >= 15 is 0 Å². The van der Waals surface area contributed by atoms with Gasteiger partial charge in [-0.05, 0) is 30.4 Å². The van der Waals surface area contributed by atoms with Crippen molar-refractivity contribution in [3.8, 4) is 5.75 Å². The molecule has 0 unspecified atom stereocenters. The van der Waals surface area contributed by atoms with Gasteiger partial charge in [0.15, 0.2) is 0 Å². The number of nitrogens with zero attached hydrogens (tertiary/aromatic N) is 1. The molecule has 0 radical (unpaired) electrons. The first-order valence-electron chi connectivity index (χ1n) is 3.19. The van der Waals surface area contributed by atoms with Crippen molar-refractivity contribution in [2.24, 2.45) is 4.99 Å². The van der Waals surface area contributed by atoms with Crippen molar-refractivity contribution in [3.63, 3.8) is 0 Å². The van der Waals surface area contributed by atoms with Crippen LogP contribution in [-0.4, -0.2) is 12.3 Å². The van der Waals surface area contributed by atoms with Crippen molar-refractivity contribution in [1.29, 1.82) is 0 Å². The first kappa shape index (κ1) is 9.20. The predicted octanol–water partition coefficient (Wildman–Crippen LogP) is 3.08. The second-order valence-corrected chi connectivity index (χ2v) is 2.61. The Morgan fingerprint density at radius 2 is 2.33 bits per heavy atom. The third kappa shape index (κ3) is 2.05. The van der Waals surface area contributed by atoms with E-state index in [2.05, 4.69) is 22.4 Å². The quantitative estimate of drug-likeness (QED) is 0.539. The number of methoxy groups -OCH3 is 1. The van der Waals surface area contributed by atoms with Crippen LogP contribution >= 0.6 is 23.8 Å². The summed E-state index contributed by atoms with van der Waals surface area (Å²) >= 11 is 10.3. The predicted molar refractivity (Wildman–Crippen MR) is 52.7 cm³/mol. The van der Waals surface area contributed by atoms with Gasteiger partial charge in [-0.3, -0.25) is 0 Å². The van der Waals surface area contributed by atoms with Crippen molar-refractivity contribution >= 4 is 34.7 Å². The molecule has 12 heavy (non-hydrogen) atoms. The van der Waals surface area contributed by atoms with Crippen molar-refractivity contribution in [1.82, 2.24) is 0 Å². The van der Waals surface area contributed by atoms with Crippen LogP contribution < -0.4 is 4.74 Å². The Labute approximate surface area is 80.8 Å². The Kier molecular flexibility index (Phi) is 3.23. The molecule has 0 saturated carbocycles. The number of halogens is 1. The van der Waals surface area contributed by atoms with Crippen LogP contribution in [-0.2, 0) is 0 Å². The molecule has 0 aliphatic heterocycles. The SMILES string of the molecule is COc1ccc(N=C=S)cc1Cl. The topological polar surface area (TPSA) is 21.6 Å². The Balaban J connectivity index is 3.09. The highest BCUT2D eigenvalue weighted by molar-refractivity contribution is 7.78. The standard InChI is InChI=1S/C8H6ClNOS/c1-11-8-3-2-6(10-5-12)4-7(8)9/h2-4H,1H3. The van der Waals surface area contributed by atoms with E-state index in [4.69, 9.17) is 16.3 Å². The molecule has 0 aromatic heterocycles. The van der Waals surface area contributed by atoms with Gasteiger partial charge >= 0.3 is 0 Å². The second-order valence-electron chi connectivity index (χ2n) is 2.02. The van der Waals surface area contributed by atoms with Gasteiger partial charge in [-0.1, -0.05) is 11.6 Å². The van der Waals surface area contributed by atoms with Gasteiger partial charge in [0.25, 0.3) is 0 Å². The van der Waals surface area contributed by atoms with Gasteiger partial charge in [0.05, 0.1) is 23.0 Å². The first-order chi connectivity index (χ1) is 5.77. The van der Waals surface area contributed by atoms with E-state index in [0.717, 1.165) is 0 Å². The van der Waals surface area contributed by atoms with Crippen molar-refractivity contribution in [2.75, 3.05) is 7.11 Å². The van der Waals surface area contributed by atoms with Crippen LogP contribution in [0.15, 0.2) is 23.2 Å². The second kappa shape index (κ2) is 4.21. The number of hydrogen-bond acceptors (Lipinski definition) is 3. The molecule has 0 aliphatic rings. The fourth-order valence-electron chi connectivity index (χ4n) is 0.778. The number of hydrogen-bond donors (Lipinski definition) is 0. The molecule has 0 fully saturated rings. The Morgan fingerprint density at radius 3 is 2.83 bits per heavy atom. The summed E-state index contributed by atoms with van der Waals surface area (Å²) in [5, 5.41) is 2.78. The zero-order valence-corrected chi connectivity index (χ0v) is 7.95. The van der Waals surface area contributed by atoms with Crippen LogP contribution in [0.25, 0.3) is 0 Å². The maximum atomic E-state index is 5.82. The van der Waals surface area contributed by atoms with E-state index in [0.29, 0.717) is 16.5 Å². The normalized spacial score (nSPS) is 8.83. The third-order valence-corrected chi connectivity index (χ3v) is 1.70. The average Bonchev–Trinajstić information content (AvgIpc) is 2.05. The summed E-state index contributed by atoms with van der Waals surface area (Å²) in [6.07, 6.45) is 0. The molecule has 0 saturated heterocycles. The largest absolute Gasteiger partial charge is 0.495 e. The Bertz CT molecular complexity index is 334. The fourth-order valence-corrected chi connectivity index (χ4v) is 1.13. The highest BCUT2D eigenvalue weighted by Crippen LogP contribution is 2.28. The molecule has 1 rings (SSSR count). The van der Waals surface area contributed by atoms with Gasteiger partial charge in [0.1, 0.15) is 5.75 Å². The summed E-state index contributed by atoms with van der Waals surface area (Å²) in [6, 6.07) is 5.15. The summed E-state index contributed by atoms with van der Waals surface area (Å²) in [4.78, 5) is 3.77. The number of aliphatic imine (C=N–C) groups is 1. The minimum atomic E-state index is 0.518. The Morgan fingerprint density at radius 1 is 1.58 bits per heavy atom. The van der Waals surface area contributed by atoms with Crippen molar-refractivity contribution in [2.45, 2.75) is 0 Å². The van der Waals surface area contributed by atoms with Crippen molar-refractivity contribution in [3.05, 3.63) is 23.2 Å². The van der Waals surface area contributed by atoms with Crippen molar-refractivity contribution < 1.29 is 4.74 Å². The molecule has 0 atom stereocenters. The lowest BCUT2D eigenvalue weighted by atomic mass is 10.3. The molecule has 0 amide bonds. The number of isothiocyanates is 1. The number of benzene rings is 1. The van der Waals surface area contributed by atoms with Gasteiger partial charge in [-0.15, -0.1) is 0 Å². The molecule has 0 aliphatic carbocycles. The molecular weight excluding hydrogens is 194 g/mol. The van der Waals surface area contributed by atoms with Crippen LogP contribution in [0.5, 0.6) is 5.75 Å². The molecule has 1 aromatic rings. The summed E-state index contributed by atoms with van der Waals surface area (Å²) in [5.74, 6) is 0.625. The molecule has 1 aromatic carbocycles. The molecule has 0 spiro atoms. The summed E-state index contributed by atoms with van der Waals surface area (Å²) < 4.78 is 4.96. The van der Waals surface area contributed by atoms with E-state index in [1.807, 2.05) is 0 Å². The van der Waals surface area contributed by atoms with Crippen LogP contribution in [0.2, 0.25) is 5.02 Å². The average molecular weight is 200 g/mol. The highest BCUT2D eigenvalue weighted by Gasteiger charge is 1.99. The van der Waals surface area contributed by atoms with Gasteiger partial charge in [-0.2, -0.15) is 4.99 Å². The van der Waals surface area contributed by atoms with E-state index in [-0.39, 0.29) is 0 Å². The van der Waals surface area contributed by atoms with Crippen LogP contribution in [0.1, 0.15) is 0 Å². The van der Waals surface area contributed by atoms with Crippen LogP contribution in [0, 0.1) is 0 Å². The number of thiocarbonyl (C=S) groups is 1. The number of rotatable bonds is 2. The van der Waals surface area contributed by atoms with Gasteiger partial charge in [0.2, 0.25) is 0 Å². The lowest BCUT2D eigenvalue weighted by Gasteiger charge is -2.01. The Hall–Kier alpha value is -0.890. The highest BCUT2D eigenvalue weighted by atomic mass is 35.5. The summed E-state index contributed by atoms with van der Waals surface area (Å²) in [5.41, 5.74) is 0.677. The van der Waals surface area contributed by atoms with Crippen LogP contribution in [0.4, 0.5) is 5.69 Å². The molecule has 0 bridgehead atoms. The maximum Gasteiger partial charge on any atom is 0.137 e. The van der Waals surface area contributed by atoms with Gasteiger partial charge < -0.3 is 4.74 Å². The van der Waals surface area contributed by atoms with E-state index in [1.165, 1.54) is 0 Å². The van der Waals surface area contributed by atoms with E-state index in [1.54, 1.807) is 25.3 Å². The smallest absolute Gasteiger partial charge is 0.137 e. The first-order valence-corrected chi connectivity index (χ1v) is 3.98. The minimum absolute atomic E-state index is 0.518. The van der Waals surface area contributed by atoms with Gasteiger partial charge in [0, 0.05) is 0 Å². The molecule has 62 valence electrons. The minimum Gasteiger partial charge on any atom is -0.495 e. The van der Waals surface area contributed by atoms with Gasteiger partial charge in [-0.25, -0.2) is 0 Å². The molecule has 0 N–H and O–H groups in total. The van der Waals surface area contributed by atoms with Crippen LogP contribution in [0.3, 0.4) is 0 Å². The monoisotopic (exact) mass is 199 g/mol. The fraction of sp³-hybridized carbons (Fsp3) is 0.125.